The maximum Gasteiger partial charge on any atom is 0.127 e. The number of hydrogen-bond donors (Lipinski definition) is 1. The van der Waals surface area contributed by atoms with E-state index in [1.54, 1.807) is 14.2 Å². The predicted molar refractivity (Wildman–Crippen MR) is 76.8 cm³/mol. The van der Waals surface area contributed by atoms with Crippen molar-refractivity contribution in [1.82, 2.24) is 4.90 Å². The lowest BCUT2D eigenvalue weighted by Gasteiger charge is -2.32. The van der Waals surface area contributed by atoms with Gasteiger partial charge in [0.15, 0.2) is 0 Å². The molecule has 2 unspecified atom stereocenters. The van der Waals surface area contributed by atoms with E-state index in [1.165, 1.54) is 0 Å². The second-order valence-electron chi connectivity index (χ2n) is 4.87. The van der Waals surface area contributed by atoms with E-state index in [0.29, 0.717) is 0 Å². The van der Waals surface area contributed by atoms with Gasteiger partial charge in [-0.25, -0.2) is 0 Å². The van der Waals surface area contributed by atoms with Gasteiger partial charge in [-0.1, -0.05) is 13.0 Å². The van der Waals surface area contributed by atoms with E-state index >= 15 is 0 Å². The van der Waals surface area contributed by atoms with Crippen LogP contribution >= 0.6 is 0 Å². The first-order chi connectivity index (χ1) is 9.08. The Labute approximate surface area is 115 Å². The van der Waals surface area contributed by atoms with Gasteiger partial charge in [0.25, 0.3) is 0 Å². The fraction of sp³-hybridized carbons (Fsp3) is 0.600. The number of methoxy groups -OCH3 is 2. The molecule has 0 aromatic heterocycles. The molecule has 2 atom stereocenters. The minimum atomic E-state index is 0.121. The molecule has 0 heterocycles. The number of hydrogen-bond acceptors (Lipinski definition) is 4. The summed E-state index contributed by atoms with van der Waals surface area (Å²) in [6.45, 7) is 2.25. The van der Waals surface area contributed by atoms with Crippen molar-refractivity contribution in [2.24, 2.45) is 5.92 Å². The maximum absolute atomic E-state index is 9.58. The molecule has 0 aliphatic carbocycles. The highest BCUT2D eigenvalue weighted by Gasteiger charge is 2.26. The first-order valence-electron chi connectivity index (χ1n) is 6.58. The summed E-state index contributed by atoms with van der Waals surface area (Å²) in [5, 5.41) is 9.58. The van der Waals surface area contributed by atoms with Crippen molar-refractivity contribution in [2.45, 2.75) is 19.4 Å². The molecule has 4 nitrogen and oxygen atoms in total. The molecule has 0 radical (unpaired) electrons. The van der Waals surface area contributed by atoms with Crippen LogP contribution in [0.4, 0.5) is 0 Å². The molecule has 1 rings (SSSR count). The molecule has 108 valence electrons. The van der Waals surface area contributed by atoms with Crippen molar-refractivity contribution in [1.29, 1.82) is 0 Å². The summed E-state index contributed by atoms with van der Waals surface area (Å²) in [6, 6.07) is 5.95. The van der Waals surface area contributed by atoms with Gasteiger partial charge in [0.1, 0.15) is 11.5 Å². The lowest BCUT2D eigenvalue weighted by atomic mass is 9.90. The van der Waals surface area contributed by atoms with Crippen molar-refractivity contribution in [3.63, 3.8) is 0 Å². The number of rotatable bonds is 7. The van der Waals surface area contributed by atoms with Gasteiger partial charge < -0.3 is 19.5 Å². The first-order valence-corrected chi connectivity index (χ1v) is 6.58. The van der Waals surface area contributed by atoms with Gasteiger partial charge in [0, 0.05) is 30.2 Å². The van der Waals surface area contributed by atoms with E-state index in [9.17, 15) is 5.11 Å². The van der Waals surface area contributed by atoms with Gasteiger partial charge in [-0.3, -0.25) is 0 Å². The largest absolute Gasteiger partial charge is 0.497 e. The second kappa shape index (κ2) is 7.36. The van der Waals surface area contributed by atoms with E-state index in [2.05, 4.69) is 11.8 Å². The quantitative estimate of drug-likeness (QED) is 0.823. The van der Waals surface area contributed by atoms with Crippen LogP contribution in [-0.4, -0.2) is 44.9 Å². The molecular formula is C15H25NO3. The molecule has 0 bridgehead atoms. The third-order valence-corrected chi connectivity index (χ3v) is 3.52. The van der Waals surface area contributed by atoms with Crippen molar-refractivity contribution >= 4 is 0 Å². The Kier molecular flexibility index (Phi) is 6.12. The molecule has 19 heavy (non-hydrogen) atoms. The van der Waals surface area contributed by atoms with Crippen LogP contribution in [-0.2, 0) is 0 Å². The number of benzene rings is 1. The zero-order valence-electron chi connectivity index (χ0n) is 12.5. The minimum absolute atomic E-state index is 0.121. The summed E-state index contributed by atoms with van der Waals surface area (Å²) < 4.78 is 10.7. The van der Waals surface area contributed by atoms with Crippen LogP contribution in [0, 0.1) is 5.92 Å². The lowest BCUT2D eigenvalue weighted by Crippen LogP contribution is -2.29. The summed E-state index contributed by atoms with van der Waals surface area (Å²) in [7, 11) is 7.34. The summed E-state index contributed by atoms with van der Waals surface area (Å²) in [5.74, 6) is 1.75. The summed E-state index contributed by atoms with van der Waals surface area (Å²) >= 11 is 0. The SMILES string of the molecule is CCC(CO)C(c1ccc(OC)cc1OC)N(C)C. The van der Waals surface area contributed by atoms with Crippen molar-refractivity contribution in [3.8, 4) is 11.5 Å². The normalized spacial score (nSPS) is 14.3. The molecule has 1 aromatic carbocycles. The van der Waals surface area contributed by atoms with Crippen molar-refractivity contribution < 1.29 is 14.6 Å². The molecule has 0 fully saturated rings. The fourth-order valence-electron chi connectivity index (χ4n) is 2.47. The smallest absolute Gasteiger partial charge is 0.127 e. The first kappa shape index (κ1) is 15.8. The van der Waals surface area contributed by atoms with Crippen LogP contribution < -0.4 is 9.47 Å². The molecule has 0 aliphatic rings. The number of aliphatic hydroxyl groups is 1. The van der Waals surface area contributed by atoms with E-state index in [0.717, 1.165) is 23.5 Å². The van der Waals surface area contributed by atoms with Crippen LogP contribution in [0.2, 0.25) is 0 Å². The van der Waals surface area contributed by atoms with E-state index in [-0.39, 0.29) is 18.6 Å². The van der Waals surface area contributed by atoms with E-state index in [4.69, 9.17) is 9.47 Å². The highest BCUT2D eigenvalue weighted by molar-refractivity contribution is 5.42. The summed E-state index contributed by atoms with van der Waals surface area (Å²) in [4.78, 5) is 2.12. The zero-order chi connectivity index (χ0) is 14.4. The van der Waals surface area contributed by atoms with Crippen molar-refractivity contribution in [2.75, 3.05) is 34.9 Å². The summed E-state index contributed by atoms with van der Waals surface area (Å²) in [6.07, 6.45) is 0.911. The van der Waals surface area contributed by atoms with E-state index < -0.39 is 0 Å². The summed E-state index contributed by atoms with van der Waals surface area (Å²) in [5.41, 5.74) is 1.08. The fourth-order valence-corrected chi connectivity index (χ4v) is 2.47. The number of nitrogens with zero attached hydrogens (tertiary/aromatic N) is 1. The molecule has 0 spiro atoms. The molecule has 0 saturated carbocycles. The minimum Gasteiger partial charge on any atom is -0.497 e. The average Bonchev–Trinajstić information content (AvgIpc) is 2.43. The van der Waals surface area contributed by atoms with Gasteiger partial charge in [-0.2, -0.15) is 0 Å². The maximum atomic E-state index is 9.58. The van der Waals surface area contributed by atoms with Crippen molar-refractivity contribution in [3.05, 3.63) is 23.8 Å². The van der Waals surface area contributed by atoms with Crippen LogP contribution in [0.5, 0.6) is 11.5 Å². The Morgan fingerprint density at radius 3 is 2.32 bits per heavy atom. The molecule has 1 N–H and O–H groups in total. The average molecular weight is 267 g/mol. The van der Waals surface area contributed by atoms with Gasteiger partial charge in [0.2, 0.25) is 0 Å². The van der Waals surface area contributed by atoms with Gasteiger partial charge in [-0.05, 0) is 26.6 Å². The third kappa shape index (κ3) is 3.61. The lowest BCUT2D eigenvalue weighted by molar-refractivity contribution is 0.128. The Morgan fingerprint density at radius 2 is 1.89 bits per heavy atom. The van der Waals surface area contributed by atoms with Crippen LogP contribution in [0.25, 0.3) is 0 Å². The predicted octanol–water partition coefficient (Wildman–Crippen LogP) is 2.33. The Balaban J connectivity index is 3.22. The van der Waals surface area contributed by atoms with Gasteiger partial charge in [-0.15, -0.1) is 0 Å². The Morgan fingerprint density at radius 1 is 1.21 bits per heavy atom. The topological polar surface area (TPSA) is 41.9 Å². The number of ether oxygens (including phenoxy) is 2. The molecular weight excluding hydrogens is 242 g/mol. The van der Waals surface area contributed by atoms with Crippen LogP contribution in [0.15, 0.2) is 18.2 Å². The van der Waals surface area contributed by atoms with Gasteiger partial charge in [0.05, 0.1) is 14.2 Å². The number of aliphatic hydroxyl groups excluding tert-OH is 1. The van der Waals surface area contributed by atoms with E-state index in [1.807, 2.05) is 32.3 Å². The third-order valence-electron chi connectivity index (χ3n) is 3.52. The van der Waals surface area contributed by atoms with Gasteiger partial charge >= 0.3 is 0 Å². The highest BCUT2D eigenvalue weighted by Crippen LogP contribution is 2.36. The molecule has 4 heteroatoms. The standard InChI is InChI=1S/C15H25NO3/c1-6-11(10-17)15(16(2)3)13-8-7-12(18-4)9-14(13)19-5/h7-9,11,15,17H,6,10H2,1-5H3. The molecule has 0 aliphatic heterocycles. The zero-order valence-corrected chi connectivity index (χ0v) is 12.5. The monoisotopic (exact) mass is 267 g/mol. The molecule has 0 amide bonds. The molecule has 0 saturated heterocycles. The Hall–Kier alpha value is -1.26. The molecule has 1 aromatic rings. The highest BCUT2D eigenvalue weighted by atomic mass is 16.5. The Bertz CT molecular complexity index is 389. The van der Waals surface area contributed by atoms with Crippen LogP contribution in [0.1, 0.15) is 24.9 Å². The second-order valence-corrected chi connectivity index (χ2v) is 4.87. The van der Waals surface area contributed by atoms with Crippen LogP contribution in [0.3, 0.4) is 0 Å².